The van der Waals surface area contributed by atoms with Gasteiger partial charge in [-0.05, 0) is 54.9 Å². The topological polar surface area (TPSA) is 69.4 Å². The predicted molar refractivity (Wildman–Crippen MR) is 76.3 cm³/mol. The molecule has 0 aliphatic carbocycles. The molecular weight excluding hydrogens is 318 g/mol. The van der Waals surface area contributed by atoms with E-state index in [2.05, 4.69) is 15.9 Å². The molecule has 0 unspecified atom stereocenters. The second kappa shape index (κ2) is 5.59. The second-order valence-corrected chi connectivity index (χ2v) is 7.90. The van der Waals surface area contributed by atoms with E-state index in [0.717, 1.165) is 0 Å². The molecule has 0 fully saturated rings. The molecule has 0 bridgehead atoms. The minimum atomic E-state index is -3.36. The molecule has 1 aromatic rings. The van der Waals surface area contributed by atoms with Crippen molar-refractivity contribution in [1.82, 2.24) is 0 Å². The van der Waals surface area contributed by atoms with E-state index in [1.807, 2.05) is 20.8 Å². The van der Waals surface area contributed by atoms with E-state index in [0.29, 0.717) is 10.2 Å². The molecule has 0 atom stereocenters. The number of nitrogen functional groups attached to an aromatic ring is 1. The highest BCUT2D eigenvalue weighted by atomic mass is 79.9. The van der Waals surface area contributed by atoms with Crippen LogP contribution in [-0.2, 0) is 14.6 Å². The van der Waals surface area contributed by atoms with Crippen molar-refractivity contribution < 1.29 is 13.2 Å². The first-order valence-electron chi connectivity index (χ1n) is 5.53. The second-order valence-electron chi connectivity index (χ2n) is 4.97. The van der Waals surface area contributed by atoms with Crippen LogP contribution in [0.2, 0.25) is 0 Å². The first kappa shape index (κ1) is 15.5. The zero-order chi connectivity index (χ0) is 14.0. The fourth-order valence-electron chi connectivity index (χ4n) is 1.34. The maximum Gasteiger partial charge on any atom is 0.181 e. The van der Waals surface area contributed by atoms with Gasteiger partial charge in [0.1, 0.15) is 0 Å². The monoisotopic (exact) mass is 335 g/mol. The van der Waals surface area contributed by atoms with Crippen molar-refractivity contribution in [3.63, 3.8) is 0 Å². The molecule has 0 heterocycles. The van der Waals surface area contributed by atoms with Crippen LogP contribution in [0.3, 0.4) is 0 Å². The van der Waals surface area contributed by atoms with Crippen molar-refractivity contribution in [2.24, 2.45) is 0 Å². The van der Waals surface area contributed by atoms with Crippen molar-refractivity contribution in [3.05, 3.63) is 22.7 Å². The largest absolute Gasteiger partial charge is 0.399 e. The van der Waals surface area contributed by atoms with Crippen LogP contribution in [0.4, 0.5) is 5.69 Å². The van der Waals surface area contributed by atoms with Crippen molar-refractivity contribution in [2.75, 3.05) is 18.1 Å². The highest BCUT2D eigenvalue weighted by molar-refractivity contribution is 9.10. The molecule has 1 aromatic carbocycles. The molecule has 6 heteroatoms. The Morgan fingerprint density at radius 2 is 1.94 bits per heavy atom. The van der Waals surface area contributed by atoms with Gasteiger partial charge in [0.2, 0.25) is 0 Å². The molecule has 0 radical (unpaired) electrons. The number of hydrogen-bond donors (Lipinski definition) is 1. The minimum Gasteiger partial charge on any atom is -0.399 e. The van der Waals surface area contributed by atoms with Gasteiger partial charge in [-0.3, -0.25) is 0 Å². The molecule has 102 valence electrons. The summed E-state index contributed by atoms with van der Waals surface area (Å²) >= 11 is 3.21. The Morgan fingerprint density at radius 1 is 1.33 bits per heavy atom. The summed E-state index contributed by atoms with van der Waals surface area (Å²) in [5.41, 5.74) is 5.76. The highest BCUT2D eigenvalue weighted by Gasteiger charge is 2.19. The lowest BCUT2D eigenvalue weighted by Crippen LogP contribution is -2.23. The summed E-state index contributed by atoms with van der Waals surface area (Å²) in [7, 11) is -3.36. The third-order valence-electron chi connectivity index (χ3n) is 2.18. The molecular formula is C12H18BrNO3S. The molecule has 0 aliphatic rings. The molecule has 0 spiro atoms. The van der Waals surface area contributed by atoms with Gasteiger partial charge in [0, 0.05) is 10.2 Å². The lowest BCUT2D eigenvalue weighted by Gasteiger charge is -2.19. The van der Waals surface area contributed by atoms with Gasteiger partial charge in [-0.15, -0.1) is 0 Å². The van der Waals surface area contributed by atoms with Crippen LogP contribution in [-0.4, -0.2) is 26.4 Å². The molecule has 18 heavy (non-hydrogen) atoms. The molecule has 4 nitrogen and oxygen atoms in total. The summed E-state index contributed by atoms with van der Waals surface area (Å²) in [6.45, 7) is 5.83. The van der Waals surface area contributed by atoms with Crippen molar-refractivity contribution in [3.8, 4) is 0 Å². The quantitative estimate of drug-likeness (QED) is 0.858. The maximum atomic E-state index is 12.1. The van der Waals surface area contributed by atoms with Gasteiger partial charge in [0.05, 0.1) is 22.9 Å². The fraction of sp³-hybridized carbons (Fsp3) is 0.500. The van der Waals surface area contributed by atoms with Gasteiger partial charge < -0.3 is 10.5 Å². The predicted octanol–water partition coefficient (Wildman–Crippen LogP) is 2.62. The van der Waals surface area contributed by atoms with Crippen molar-refractivity contribution in [2.45, 2.75) is 31.3 Å². The van der Waals surface area contributed by atoms with E-state index < -0.39 is 9.84 Å². The molecule has 2 N–H and O–H groups in total. The number of sulfone groups is 1. The van der Waals surface area contributed by atoms with Crippen LogP contribution in [0.25, 0.3) is 0 Å². The minimum absolute atomic E-state index is 0.0488. The number of rotatable bonds is 4. The first-order chi connectivity index (χ1) is 8.12. The molecule has 0 amide bonds. The molecule has 1 rings (SSSR count). The lowest BCUT2D eigenvalue weighted by atomic mass is 10.2. The summed E-state index contributed by atoms with van der Waals surface area (Å²) in [5, 5.41) is 0. The number of anilines is 1. The van der Waals surface area contributed by atoms with Crippen LogP contribution in [0, 0.1) is 0 Å². The summed E-state index contributed by atoms with van der Waals surface area (Å²) < 4.78 is 30.1. The fourth-order valence-corrected chi connectivity index (χ4v) is 3.63. The van der Waals surface area contributed by atoms with E-state index in [1.54, 1.807) is 12.1 Å². The molecule has 0 saturated carbocycles. The number of benzene rings is 1. The van der Waals surface area contributed by atoms with Crippen molar-refractivity contribution >= 4 is 31.5 Å². The van der Waals surface area contributed by atoms with E-state index in [1.165, 1.54) is 6.07 Å². The van der Waals surface area contributed by atoms with Gasteiger partial charge in [0.25, 0.3) is 0 Å². The molecule has 0 aromatic heterocycles. The van der Waals surface area contributed by atoms with Gasteiger partial charge in [-0.2, -0.15) is 0 Å². The van der Waals surface area contributed by atoms with Crippen molar-refractivity contribution in [1.29, 1.82) is 0 Å². The standard InChI is InChI=1S/C12H18BrNO3S/c1-12(2,3)17-6-7-18(15,16)11-5-4-9(14)8-10(11)13/h4-5,8H,6-7,14H2,1-3H3. The molecule has 0 saturated heterocycles. The Bertz CT molecular complexity index is 521. The summed E-state index contributed by atoms with van der Waals surface area (Å²) in [5.74, 6) is -0.0488. The van der Waals surface area contributed by atoms with Crippen LogP contribution in [0.1, 0.15) is 20.8 Å². The van der Waals surface area contributed by atoms with Crippen LogP contribution >= 0.6 is 15.9 Å². The van der Waals surface area contributed by atoms with Crippen LogP contribution in [0.5, 0.6) is 0 Å². The van der Waals surface area contributed by atoms with Crippen LogP contribution in [0.15, 0.2) is 27.6 Å². The van der Waals surface area contributed by atoms with E-state index in [4.69, 9.17) is 10.5 Å². The van der Waals surface area contributed by atoms with Gasteiger partial charge >= 0.3 is 0 Å². The number of ether oxygens (including phenoxy) is 1. The third kappa shape index (κ3) is 4.59. The van der Waals surface area contributed by atoms with E-state index in [9.17, 15) is 8.42 Å². The highest BCUT2D eigenvalue weighted by Crippen LogP contribution is 2.25. The SMILES string of the molecule is CC(C)(C)OCCS(=O)(=O)c1ccc(N)cc1Br. The first-order valence-corrected chi connectivity index (χ1v) is 7.98. The van der Waals surface area contributed by atoms with E-state index in [-0.39, 0.29) is 22.9 Å². The van der Waals surface area contributed by atoms with Gasteiger partial charge in [-0.25, -0.2) is 8.42 Å². The Labute approximate surface area is 117 Å². The van der Waals surface area contributed by atoms with Crippen LogP contribution < -0.4 is 5.73 Å². The summed E-state index contributed by atoms with van der Waals surface area (Å²) in [6, 6.07) is 4.66. The Kier molecular flexibility index (Phi) is 4.80. The zero-order valence-corrected chi connectivity index (χ0v) is 13.1. The lowest BCUT2D eigenvalue weighted by molar-refractivity contribution is 0.00644. The maximum absolute atomic E-state index is 12.1. The summed E-state index contributed by atoms with van der Waals surface area (Å²) in [6.07, 6.45) is 0. The number of hydrogen-bond acceptors (Lipinski definition) is 4. The van der Waals surface area contributed by atoms with E-state index >= 15 is 0 Å². The normalized spacial score (nSPS) is 12.7. The van der Waals surface area contributed by atoms with Gasteiger partial charge in [0.15, 0.2) is 9.84 Å². The Hall–Kier alpha value is -0.590. The summed E-state index contributed by atoms with van der Waals surface area (Å²) in [4.78, 5) is 0.245. The number of nitrogens with two attached hydrogens (primary N) is 1. The average molecular weight is 336 g/mol. The van der Waals surface area contributed by atoms with Gasteiger partial charge in [-0.1, -0.05) is 0 Å². The average Bonchev–Trinajstić information content (AvgIpc) is 2.13. The third-order valence-corrected chi connectivity index (χ3v) is 4.83. The Balaban J connectivity index is 2.81. The Morgan fingerprint density at radius 3 is 2.44 bits per heavy atom. The zero-order valence-electron chi connectivity index (χ0n) is 10.7. The molecule has 0 aliphatic heterocycles. The smallest absolute Gasteiger partial charge is 0.181 e. The number of halogens is 1.